The predicted octanol–water partition coefficient (Wildman–Crippen LogP) is 8.63. The van der Waals surface area contributed by atoms with Gasteiger partial charge < -0.3 is 9.16 Å². The highest BCUT2D eigenvalue weighted by Crippen LogP contribution is 2.77. The van der Waals surface area contributed by atoms with Crippen LogP contribution in [0.2, 0.25) is 87.1 Å². The summed E-state index contributed by atoms with van der Waals surface area (Å²) in [6.45, 7) is 32.7. The standard InChI is InChI=1S/C27H50N2O3Si5/c1-14-31-25(30)23-24(22-18-16-15-17-19-22)32-37(29-28-23)26(33(2,3)4,34(5,6)7)20-21-27(37,35(8,9)10)36(11,12)13/h15-19H,14,20-21H2,1-13H3. The van der Waals surface area contributed by atoms with Crippen LogP contribution in [0.1, 0.15) is 25.3 Å². The van der Waals surface area contributed by atoms with Crippen LogP contribution in [-0.2, 0) is 14.0 Å². The zero-order chi connectivity index (χ0) is 28.3. The predicted molar refractivity (Wildman–Crippen MR) is 170 cm³/mol. The molecule has 0 saturated carbocycles. The van der Waals surface area contributed by atoms with Crippen molar-refractivity contribution < 1.29 is 14.0 Å². The minimum atomic E-state index is -3.04. The number of hydrogen-bond acceptors (Lipinski definition) is 5. The minimum Gasteiger partial charge on any atom is -0.520 e. The van der Waals surface area contributed by atoms with E-state index in [2.05, 4.69) is 78.6 Å². The number of benzene rings is 1. The Balaban J connectivity index is 2.53. The number of nitrogens with zero attached hydrogens (tertiary/aromatic N) is 2. The van der Waals surface area contributed by atoms with Gasteiger partial charge in [-0.05, 0) is 19.8 Å². The summed E-state index contributed by atoms with van der Waals surface area (Å²) in [4.78, 5) is 13.2. The fourth-order valence-electron chi connectivity index (χ4n) is 8.71. The summed E-state index contributed by atoms with van der Waals surface area (Å²) in [6.07, 6.45) is 2.38. The van der Waals surface area contributed by atoms with Gasteiger partial charge in [0.05, 0.1) is 38.9 Å². The van der Waals surface area contributed by atoms with E-state index in [4.69, 9.17) is 19.1 Å². The molecule has 0 amide bonds. The number of rotatable bonds is 7. The molecule has 0 aromatic heterocycles. The van der Waals surface area contributed by atoms with Crippen molar-refractivity contribution in [3.63, 3.8) is 0 Å². The average molecular weight is 591 g/mol. The van der Waals surface area contributed by atoms with E-state index in [1.165, 1.54) is 12.8 Å². The first-order chi connectivity index (χ1) is 16.7. The molecule has 1 fully saturated rings. The Labute approximate surface area is 230 Å². The molecule has 1 saturated heterocycles. The molecule has 1 aromatic carbocycles. The number of hydrogen-bond donors (Lipinski definition) is 0. The minimum absolute atomic E-state index is 0.0806. The lowest BCUT2D eigenvalue weighted by Gasteiger charge is -2.63. The molecule has 3 rings (SSSR count). The van der Waals surface area contributed by atoms with Crippen LogP contribution >= 0.6 is 0 Å². The van der Waals surface area contributed by atoms with Crippen LogP contribution in [0.3, 0.4) is 0 Å². The van der Waals surface area contributed by atoms with Gasteiger partial charge in [-0.3, -0.25) is 0 Å². The summed E-state index contributed by atoms with van der Waals surface area (Å²) < 4.78 is 18.9. The topological polar surface area (TPSA) is 60.2 Å². The fourth-order valence-corrected chi connectivity index (χ4v) is 54.9. The number of carbonyl (C=O) groups is 1. The van der Waals surface area contributed by atoms with E-state index in [9.17, 15) is 4.79 Å². The molecule has 10 heteroatoms. The SMILES string of the molecule is CCOC(=O)C1=C(c2ccccc2)O[Si]2(N=N1)C([Si](C)(C)C)([Si](C)(C)C)CCC2([Si](C)(C)C)[Si](C)(C)C. The maximum Gasteiger partial charge on any atom is 0.402 e. The van der Waals surface area contributed by atoms with Crippen LogP contribution in [0.15, 0.2) is 45.9 Å². The normalized spacial score (nSPS) is 21.2. The summed E-state index contributed by atoms with van der Waals surface area (Å²) in [5, 5.41) is 4.94. The smallest absolute Gasteiger partial charge is 0.402 e. The lowest BCUT2D eigenvalue weighted by molar-refractivity contribution is -0.138. The molecular weight excluding hydrogens is 541 g/mol. The summed E-state index contributed by atoms with van der Waals surface area (Å²) in [7, 11) is -10.5. The molecule has 0 atom stereocenters. The molecule has 37 heavy (non-hydrogen) atoms. The summed E-state index contributed by atoms with van der Waals surface area (Å²) in [5.41, 5.74) is 1.14. The first-order valence-electron chi connectivity index (χ1n) is 13.8. The van der Waals surface area contributed by atoms with Gasteiger partial charge in [0, 0.05) is 14.1 Å². The Kier molecular flexibility index (Phi) is 7.84. The van der Waals surface area contributed by atoms with E-state index in [-0.39, 0.29) is 14.3 Å². The van der Waals surface area contributed by atoms with E-state index >= 15 is 0 Å². The molecule has 5 nitrogen and oxygen atoms in total. The number of carbonyl (C=O) groups excluding carboxylic acids is 1. The quantitative estimate of drug-likeness (QED) is 0.236. The largest absolute Gasteiger partial charge is 0.520 e. The van der Waals surface area contributed by atoms with Crippen molar-refractivity contribution in [3.05, 3.63) is 41.6 Å². The van der Waals surface area contributed by atoms with E-state index in [0.29, 0.717) is 12.4 Å². The first kappa shape index (κ1) is 30.5. The highest BCUT2D eigenvalue weighted by atomic mass is 28.5. The van der Waals surface area contributed by atoms with Gasteiger partial charge in [0.2, 0.25) is 5.70 Å². The zero-order valence-electron chi connectivity index (χ0n) is 25.6. The van der Waals surface area contributed by atoms with Crippen LogP contribution in [0.5, 0.6) is 0 Å². The van der Waals surface area contributed by atoms with E-state index < -0.39 is 46.7 Å². The Morgan fingerprint density at radius 1 is 0.838 bits per heavy atom. The number of esters is 1. The lowest BCUT2D eigenvalue weighted by atomic mass is 10.1. The van der Waals surface area contributed by atoms with Crippen LogP contribution in [0.25, 0.3) is 5.76 Å². The molecule has 2 aliphatic rings. The van der Waals surface area contributed by atoms with Crippen molar-refractivity contribution in [1.82, 2.24) is 0 Å². The Hall–Kier alpha value is -1.09. The molecule has 1 spiro atoms. The van der Waals surface area contributed by atoms with Crippen molar-refractivity contribution in [1.29, 1.82) is 0 Å². The Bertz CT molecular complexity index is 1020. The maximum absolute atomic E-state index is 13.2. The van der Waals surface area contributed by atoms with Crippen LogP contribution < -0.4 is 0 Å². The summed E-state index contributed by atoms with van der Waals surface area (Å²) >= 11 is 0. The second-order valence-electron chi connectivity index (χ2n) is 15.0. The van der Waals surface area contributed by atoms with Gasteiger partial charge in [-0.25, -0.2) is 4.79 Å². The monoisotopic (exact) mass is 590 g/mol. The average Bonchev–Trinajstić information content (AvgIpc) is 3.06. The summed E-state index contributed by atoms with van der Waals surface area (Å²) in [6, 6.07) is 10.1. The van der Waals surface area contributed by atoms with Crippen LogP contribution in [0, 0.1) is 0 Å². The second-order valence-corrected chi connectivity index (χ2v) is 42.8. The molecule has 0 aliphatic carbocycles. The highest BCUT2D eigenvalue weighted by molar-refractivity contribution is 7.25. The van der Waals surface area contributed by atoms with Gasteiger partial charge in [0.15, 0.2) is 0 Å². The molecule has 1 aromatic rings. The van der Waals surface area contributed by atoms with Crippen molar-refractivity contribution in [2.24, 2.45) is 9.89 Å². The van der Waals surface area contributed by atoms with E-state index in [1.807, 2.05) is 37.3 Å². The summed E-state index contributed by atoms with van der Waals surface area (Å²) in [5.74, 6) is 0.175. The third-order valence-electron chi connectivity index (χ3n) is 9.41. The molecule has 0 N–H and O–H groups in total. The van der Waals surface area contributed by atoms with Gasteiger partial charge in [0.1, 0.15) is 5.76 Å². The third-order valence-corrected chi connectivity index (χ3v) is 46.4. The van der Waals surface area contributed by atoms with E-state index in [0.717, 1.165) is 5.56 Å². The zero-order valence-corrected chi connectivity index (χ0v) is 30.6. The second kappa shape index (κ2) is 9.53. The van der Waals surface area contributed by atoms with Crippen molar-refractivity contribution in [3.8, 4) is 0 Å². The van der Waals surface area contributed by atoms with Crippen molar-refractivity contribution in [2.45, 2.75) is 107 Å². The van der Waals surface area contributed by atoms with Gasteiger partial charge >= 0.3 is 14.4 Å². The highest BCUT2D eigenvalue weighted by Gasteiger charge is 2.85. The molecule has 0 bridgehead atoms. The van der Waals surface area contributed by atoms with Crippen LogP contribution in [0.4, 0.5) is 0 Å². The maximum atomic E-state index is 13.2. The Morgan fingerprint density at radius 2 is 1.27 bits per heavy atom. The molecule has 0 unspecified atom stereocenters. The third kappa shape index (κ3) is 4.29. The van der Waals surface area contributed by atoms with Gasteiger partial charge in [-0.1, -0.05) is 109 Å². The molecule has 2 aliphatic heterocycles. The van der Waals surface area contributed by atoms with Gasteiger partial charge in [-0.15, -0.1) is 0 Å². The van der Waals surface area contributed by atoms with Crippen LogP contribution in [-0.4, -0.2) is 53.4 Å². The van der Waals surface area contributed by atoms with Crippen molar-refractivity contribution >= 4 is 52.5 Å². The van der Waals surface area contributed by atoms with Gasteiger partial charge in [-0.2, -0.15) is 9.89 Å². The van der Waals surface area contributed by atoms with Gasteiger partial charge in [0.25, 0.3) is 0 Å². The molecule has 2 heterocycles. The van der Waals surface area contributed by atoms with E-state index in [1.54, 1.807) is 0 Å². The van der Waals surface area contributed by atoms with Crippen molar-refractivity contribution in [2.75, 3.05) is 6.61 Å². The first-order valence-corrected chi connectivity index (χ1v) is 29.7. The Morgan fingerprint density at radius 3 is 1.65 bits per heavy atom. The molecular formula is C27H50N2O3Si5. The number of ether oxygens (including phenoxy) is 1. The molecule has 206 valence electrons. The molecule has 0 radical (unpaired) electrons. The fraction of sp³-hybridized carbons (Fsp3) is 0.667. The lowest BCUT2D eigenvalue weighted by Crippen LogP contribution is -2.76.